The molecule has 0 radical (unpaired) electrons. The van der Waals surface area contributed by atoms with Gasteiger partial charge in [0.1, 0.15) is 0 Å². The van der Waals surface area contributed by atoms with Gasteiger partial charge < -0.3 is 14.9 Å². The van der Waals surface area contributed by atoms with Gasteiger partial charge in [-0.25, -0.2) is 0 Å². The van der Waals surface area contributed by atoms with Crippen LogP contribution in [0.15, 0.2) is 21.3 Å². The standard InChI is InChI=1S/C16H23N5O3S/c1-17-15(23)16-18-14(19-24-16)10-20-4-5-21(13(9-20)2-6-22)8-12-3-7-25-11-12/h3,7,11,13,22H,2,4-6,8-10H2,1H3,(H,17,23). The number of piperazine rings is 1. The Bertz CT molecular complexity index is 675. The summed E-state index contributed by atoms with van der Waals surface area (Å²) in [6, 6.07) is 2.43. The van der Waals surface area contributed by atoms with E-state index in [0.29, 0.717) is 12.4 Å². The molecule has 1 aliphatic heterocycles. The zero-order chi connectivity index (χ0) is 17.6. The van der Waals surface area contributed by atoms with E-state index < -0.39 is 0 Å². The van der Waals surface area contributed by atoms with Gasteiger partial charge >= 0.3 is 11.8 Å². The van der Waals surface area contributed by atoms with Crippen molar-refractivity contribution in [2.45, 2.75) is 25.6 Å². The third-order valence-corrected chi connectivity index (χ3v) is 5.10. The molecule has 3 rings (SSSR count). The summed E-state index contributed by atoms with van der Waals surface area (Å²) in [6.07, 6.45) is 0.733. The molecule has 0 aromatic carbocycles. The normalized spacial score (nSPS) is 19.2. The molecule has 8 nitrogen and oxygen atoms in total. The second-order valence-electron chi connectivity index (χ2n) is 6.10. The van der Waals surface area contributed by atoms with E-state index in [2.05, 4.69) is 42.1 Å². The summed E-state index contributed by atoms with van der Waals surface area (Å²) in [4.78, 5) is 20.3. The number of aliphatic hydroxyl groups excluding tert-OH is 1. The van der Waals surface area contributed by atoms with Gasteiger partial charge in [0, 0.05) is 45.9 Å². The number of nitrogens with one attached hydrogen (secondary N) is 1. The number of hydrogen-bond donors (Lipinski definition) is 2. The SMILES string of the molecule is CNC(=O)c1nc(CN2CCN(Cc3ccsc3)C(CCO)C2)no1. The van der Waals surface area contributed by atoms with Crippen LogP contribution < -0.4 is 5.32 Å². The second-order valence-corrected chi connectivity index (χ2v) is 6.88. The van der Waals surface area contributed by atoms with Crippen LogP contribution in [0, 0.1) is 0 Å². The summed E-state index contributed by atoms with van der Waals surface area (Å²) in [6.45, 7) is 4.24. The maximum atomic E-state index is 11.5. The minimum atomic E-state index is -0.377. The number of nitrogens with zero attached hydrogens (tertiary/aromatic N) is 4. The number of hydrogen-bond acceptors (Lipinski definition) is 8. The fraction of sp³-hybridized carbons (Fsp3) is 0.562. The van der Waals surface area contributed by atoms with Gasteiger partial charge in [-0.15, -0.1) is 0 Å². The van der Waals surface area contributed by atoms with Crippen molar-refractivity contribution in [3.8, 4) is 0 Å². The Morgan fingerprint density at radius 1 is 1.48 bits per heavy atom. The molecule has 1 unspecified atom stereocenters. The highest BCUT2D eigenvalue weighted by Gasteiger charge is 2.27. The summed E-state index contributed by atoms with van der Waals surface area (Å²) in [5, 5.41) is 20.0. The van der Waals surface area contributed by atoms with Crippen molar-refractivity contribution in [1.82, 2.24) is 25.3 Å². The van der Waals surface area contributed by atoms with Crippen LogP contribution in [0.5, 0.6) is 0 Å². The van der Waals surface area contributed by atoms with Crippen LogP contribution in [-0.4, -0.2) is 70.3 Å². The molecule has 2 aromatic rings. The predicted molar refractivity (Wildman–Crippen MR) is 93.2 cm³/mol. The lowest BCUT2D eigenvalue weighted by molar-refractivity contribution is 0.0485. The van der Waals surface area contributed by atoms with Gasteiger partial charge in [0.05, 0.1) is 6.54 Å². The maximum Gasteiger partial charge on any atom is 0.315 e. The lowest BCUT2D eigenvalue weighted by Crippen LogP contribution is -2.52. The average molecular weight is 365 g/mol. The molecule has 136 valence electrons. The Labute approximate surface area is 150 Å². The van der Waals surface area contributed by atoms with Gasteiger partial charge in [-0.05, 0) is 28.8 Å². The molecule has 1 saturated heterocycles. The number of aliphatic hydroxyl groups is 1. The van der Waals surface area contributed by atoms with Crippen molar-refractivity contribution < 1.29 is 14.4 Å². The Balaban J connectivity index is 1.59. The van der Waals surface area contributed by atoms with E-state index in [0.717, 1.165) is 32.6 Å². The van der Waals surface area contributed by atoms with Crippen molar-refractivity contribution in [1.29, 1.82) is 0 Å². The third-order valence-electron chi connectivity index (χ3n) is 4.37. The molecule has 0 bridgehead atoms. The molecule has 1 aliphatic rings. The first kappa shape index (κ1) is 18.0. The Morgan fingerprint density at radius 2 is 2.36 bits per heavy atom. The Hall–Kier alpha value is -1.81. The summed E-state index contributed by atoms with van der Waals surface area (Å²) < 4.78 is 4.98. The van der Waals surface area contributed by atoms with E-state index in [9.17, 15) is 9.90 Å². The molecule has 0 saturated carbocycles. The summed E-state index contributed by atoms with van der Waals surface area (Å²) in [5.74, 6) is 0.116. The zero-order valence-electron chi connectivity index (χ0n) is 14.2. The van der Waals surface area contributed by atoms with Crippen LogP contribution in [0.1, 0.15) is 28.5 Å². The van der Waals surface area contributed by atoms with Crippen molar-refractivity contribution >= 4 is 17.2 Å². The minimum absolute atomic E-state index is 0.0134. The monoisotopic (exact) mass is 365 g/mol. The summed E-state index contributed by atoms with van der Waals surface area (Å²) in [7, 11) is 1.53. The number of rotatable bonds is 7. The predicted octanol–water partition coefficient (Wildman–Crippen LogP) is 0.559. The first-order valence-electron chi connectivity index (χ1n) is 8.32. The molecule has 25 heavy (non-hydrogen) atoms. The highest BCUT2D eigenvalue weighted by atomic mass is 32.1. The van der Waals surface area contributed by atoms with E-state index in [1.165, 1.54) is 12.6 Å². The molecule has 3 heterocycles. The van der Waals surface area contributed by atoms with Gasteiger partial charge in [-0.1, -0.05) is 5.16 Å². The minimum Gasteiger partial charge on any atom is -0.396 e. The molecule has 1 fully saturated rings. The van der Waals surface area contributed by atoms with E-state index in [1.54, 1.807) is 11.3 Å². The first-order valence-corrected chi connectivity index (χ1v) is 9.27. The number of carbonyl (C=O) groups excluding carboxylic acids is 1. The smallest absolute Gasteiger partial charge is 0.315 e. The number of carbonyl (C=O) groups is 1. The molecular formula is C16H23N5O3S. The van der Waals surface area contributed by atoms with Gasteiger partial charge in [0.15, 0.2) is 5.82 Å². The highest BCUT2D eigenvalue weighted by Crippen LogP contribution is 2.19. The Kier molecular flexibility index (Phi) is 6.14. The van der Waals surface area contributed by atoms with Gasteiger partial charge in [-0.2, -0.15) is 16.3 Å². The fourth-order valence-corrected chi connectivity index (χ4v) is 3.73. The zero-order valence-corrected chi connectivity index (χ0v) is 15.0. The maximum absolute atomic E-state index is 11.5. The largest absolute Gasteiger partial charge is 0.396 e. The number of aromatic nitrogens is 2. The van der Waals surface area contributed by atoms with Crippen molar-refractivity contribution in [2.75, 3.05) is 33.3 Å². The molecule has 0 spiro atoms. The highest BCUT2D eigenvalue weighted by molar-refractivity contribution is 7.07. The molecule has 2 N–H and O–H groups in total. The van der Waals surface area contributed by atoms with Gasteiger partial charge in [0.25, 0.3) is 0 Å². The van der Waals surface area contributed by atoms with Gasteiger partial charge in [-0.3, -0.25) is 14.6 Å². The third kappa shape index (κ3) is 4.63. The Morgan fingerprint density at radius 3 is 3.08 bits per heavy atom. The number of thiophene rings is 1. The van der Waals surface area contributed by atoms with Crippen molar-refractivity contribution in [2.24, 2.45) is 0 Å². The van der Waals surface area contributed by atoms with Crippen molar-refractivity contribution in [3.63, 3.8) is 0 Å². The molecule has 2 aromatic heterocycles. The molecule has 1 atom stereocenters. The lowest BCUT2D eigenvalue weighted by atomic mass is 10.1. The summed E-state index contributed by atoms with van der Waals surface area (Å²) in [5.41, 5.74) is 1.31. The van der Waals surface area contributed by atoms with Gasteiger partial charge in [0.2, 0.25) is 0 Å². The molecule has 1 amide bonds. The van der Waals surface area contributed by atoms with Crippen LogP contribution in [0.3, 0.4) is 0 Å². The lowest BCUT2D eigenvalue weighted by Gasteiger charge is -2.41. The van der Waals surface area contributed by atoms with Crippen LogP contribution in [0.2, 0.25) is 0 Å². The topological polar surface area (TPSA) is 94.7 Å². The quantitative estimate of drug-likeness (QED) is 0.740. The molecule has 0 aliphatic carbocycles. The van der Waals surface area contributed by atoms with E-state index in [-0.39, 0.29) is 24.4 Å². The van der Waals surface area contributed by atoms with E-state index in [4.69, 9.17) is 4.52 Å². The summed E-state index contributed by atoms with van der Waals surface area (Å²) >= 11 is 1.71. The average Bonchev–Trinajstić information content (AvgIpc) is 3.29. The fourth-order valence-electron chi connectivity index (χ4n) is 3.07. The van der Waals surface area contributed by atoms with Crippen LogP contribution >= 0.6 is 11.3 Å². The van der Waals surface area contributed by atoms with Crippen LogP contribution in [0.4, 0.5) is 0 Å². The van der Waals surface area contributed by atoms with Crippen molar-refractivity contribution in [3.05, 3.63) is 34.1 Å². The molecule has 9 heteroatoms. The van der Waals surface area contributed by atoms with E-state index >= 15 is 0 Å². The first-order chi connectivity index (χ1) is 12.2. The van der Waals surface area contributed by atoms with Crippen LogP contribution in [-0.2, 0) is 13.1 Å². The van der Waals surface area contributed by atoms with E-state index in [1.807, 2.05) is 0 Å². The van der Waals surface area contributed by atoms with Crippen LogP contribution in [0.25, 0.3) is 0 Å². The second kappa shape index (κ2) is 8.52. The molecular weight excluding hydrogens is 342 g/mol. The number of amides is 1.